The molecule has 1 aromatic carbocycles. The van der Waals surface area contributed by atoms with E-state index in [4.69, 9.17) is 5.11 Å². The fourth-order valence-electron chi connectivity index (χ4n) is 1.77. The number of thiophene rings is 1. The van der Waals surface area contributed by atoms with E-state index in [0.29, 0.717) is 14.2 Å². The van der Waals surface area contributed by atoms with Crippen molar-refractivity contribution < 1.29 is 17.9 Å². The summed E-state index contributed by atoms with van der Waals surface area (Å²) in [4.78, 5) is 0.620. The zero-order valence-corrected chi connectivity index (χ0v) is 14.3. The van der Waals surface area contributed by atoms with Crippen LogP contribution in [-0.2, 0) is 23.2 Å². The average molecular weight is 394 g/mol. The Morgan fingerprint density at radius 3 is 2.62 bits per heavy atom. The fourth-order valence-corrected chi connectivity index (χ4v) is 5.41. The lowest BCUT2D eigenvalue weighted by atomic mass is 10.2. The molecule has 0 aliphatic rings. The van der Waals surface area contributed by atoms with Gasteiger partial charge in [-0.15, -0.1) is 11.3 Å². The predicted molar refractivity (Wildman–Crippen MR) is 83.0 cm³/mol. The van der Waals surface area contributed by atoms with Crippen LogP contribution in [-0.4, -0.2) is 24.9 Å². The van der Waals surface area contributed by atoms with E-state index in [1.54, 1.807) is 18.2 Å². The zero-order valence-electron chi connectivity index (χ0n) is 11.1. The van der Waals surface area contributed by atoms with Crippen molar-refractivity contribution in [3.05, 3.63) is 50.4 Å². The van der Waals surface area contributed by atoms with Crippen LogP contribution in [0.25, 0.3) is 0 Å². The minimum absolute atomic E-state index is 0.0637. The number of benzene rings is 1. The quantitative estimate of drug-likeness (QED) is 0.849. The summed E-state index contributed by atoms with van der Waals surface area (Å²) < 4.78 is 40.1. The normalized spacial score (nSPS) is 12.0. The van der Waals surface area contributed by atoms with Crippen LogP contribution >= 0.6 is 27.3 Å². The summed E-state index contributed by atoms with van der Waals surface area (Å²) >= 11 is 4.34. The van der Waals surface area contributed by atoms with Crippen molar-refractivity contribution in [3.63, 3.8) is 0 Å². The van der Waals surface area contributed by atoms with E-state index < -0.39 is 15.8 Å². The lowest BCUT2D eigenvalue weighted by Crippen LogP contribution is -2.26. The smallest absolute Gasteiger partial charge is 0.245 e. The maximum atomic E-state index is 13.6. The first-order chi connectivity index (χ1) is 9.86. The molecule has 21 heavy (non-hydrogen) atoms. The molecule has 8 heteroatoms. The molecule has 0 fully saturated rings. The van der Waals surface area contributed by atoms with Gasteiger partial charge in [-0.25, -0.2) is 12.8 Å². The van der Waals surface area contributed by atoms with Gasteiger partial charge in [-0.1, -0.05) is 18.2 Å². The Bertz CT molecular complexity index is 746. The second-order valence-electron chi connectivity index (χ2n) is 4.36. The van der Waals surface area contributed by atoms with E-state index in [1.165, 1.54) is 19.2 Å². The SMILES string of the molecule is CN(Cc1ccccc1F)S(=O)(=O)c1cc(CO)sc1Br. The van der Waals surface area contributed by atoms with E-state index in [-0.39, 0.29) is 18.0 Å². The van der Waals surface area contributed by atoms with Gasteiger partial charge < -0.3 is 5.11 Å². The minimum atomic E-state index is -3.75. The molecular formula is C13H13BrFNO3S2. The Morgan fingerprint density at radius 1 is 1.38 bits per heavy atom. The molecule has 4 nitrogen and oxygen atoms in total. The molecule has 0 aliphatic heterocycles. The standard InChI is InChI=1S/C13H13BrFNO3S2/c1-16(7-9-4-2-3-5-11(9)15)21(18,19)12-6-10(8-17)20-13(12)14/h2-6,17H,7-8H2,1H3. The number of nitrogens with zero attached hydrogens (tertiary/aromatic N) is 1. The molecule has 1 heterocycles. The van der Waals surface area contributed by atoms with Crippen molar-refractivity contribution in [2.24, 2.45) is 0 Å². The Morgan fingerprint density at radius 2 is 2.05 bits per heavy atom. The largest absolute Gasteiger partial charge is 0.391 e. The van der Waals surface area contributed by atoms with Crippen molar-refractivity contribution in [3.8, 4) is 0 Å². The number of aliphatic hydroxyl groups excluding tert-OH is 1. The highest BCUT2D eigenvalue weighted by Gasteiger charge is 2.26. The van der Waals surface area contributed by atoms with Gasteiger partial charge in [0.25, 0.3) is 0 Å². The van der Waals surface area contributed by atoms with Crippen molar-refractivity contribution in [1.29, 1.82) is 0 Å². The lowest BCUT2D eigenvalue weighted by molar-refractivity contribution is 0.285. The van der Waals surface area contributed by atoms with Gasteiger partial charge in [0.05, 0.1) is 10.4 Å². The number of sulfonamides is 1. The van der Waals surface area contributed by atoms with Crippen LogP contribution in [0.1, 0.15) is 10.4 Å². The Hall–Kier alpha value is -0.800. The topological polar surface area (TPSA) is 57.6 Å². The van der Waals surface area contributed by atoms with Crippen molar-refractivity contribution in [2.75, 3.05) is 7.05 Å². The van der Waals surface area contributed by atoms with Crippen LogP contribution in [0.3, 0.4) is 0 Å². The van der Waals surface area contributed by atoms with Gasteiger partial charge >= 0.3 is 0 Å². The number of hydrogen-bond donors (Lipinski definition) is 1. The van der Waals surface area contributed by atoms with E-state index in [0.717, 1.165) is 15.6 Å². The van der Waals surface area contributed by atoms with Gasteiger partial charge in [0.2, 0.25) is 10.0 Å². The molecular weight excluding hydrogens is 381 g/mol. The van der Waals surface area contributed by atoms with Crippen LogP contribution in [0.2, 0.25) is 0 Å². The molecule has 1 N–H and O–H groups in total. The minimum Gasteiger partial charge on any atom is -0.391 e. The summed E-state index contributed by atoms with van der Waals surface area (Å²) in [5.41, 5.74) is 0.303. The van der Waals surface area contributed by atoms with Crippen LogP contribution in [0.5, 0.6) is 0 Å². The van der Waals surface area contributed by atoms with E-state index in [2.05, 4.69) is 15.9 Å². The van der Waals surface area contributed by atoms with Gasteiger partial charge in [0.1, 0.15) is 10.7 Å². The van der Waals surface area contributed by atoms with Crippen molar-refractivity contribution in [1.82, 2.24) is 4.31 Å². The molecule has 0 saturated carbocycles. The predicted octanol–water partition coefficient (Wildman–Crippen LogP) is 2.96. The molecule has 0 amide bonds. The summed E-state index contributed by atoms with van der Waals surface area (Å²) in [5.74, 6) is -0.444. The summed E-state index contributed by atoms with van der Waals surface area (Å²) in [6.45, 7) is -0.290. The van der Waals surface area contributed by atoms with E-state index in [1.807, 2.05) is 0 Å². The molecule has 2 aromatic rings. The average Bonchev–Trinajstić information content (AvgIpc) is 2.83. The molecule has 1 aromatic heterocycles. The Labute approximate surface area is 135 Å². The number of rotatable bonds is 5. The molecule has 0 atom stereocenters. The number of hydrogen-bond acceptors (Lipinski definition) is 4. The monoisotopic (exact) mass is 393 g/mol. The molecule has 114 valence electrons. The third-order valence-electron chi connectivity index (χ3n) is 2.90. The van der Waals surface area contributed by atoms with E-state index >= 15 is 0 Å². The maximum Gasteiger partial charge on any atom is 0.245 e. The first kappa shape index (κ1) is 16.6. The number of halogens is 2. The highest BCUT2D eigenvalue weighted by atomic mass is 79.9. The molecule has 0 bridgehead atoms. The molecule has 0 saturated heterocycles. The van der Waals surface area contributed by atoms with E-state index in [9.17, 15) is 12.8 Å². The van der Waals surface area contributed by atoms with Gasteiger partial charge in [-0.2, -0.15) is 4.31 Å². The van der Waals surface area contributed by atoms with Crippen molar-refractivity contribution in [2.45, 2.75) is 18.0 Å². The third-order valence-corrected chi connectivity index (χ3v) is 6.94. The van der Waals surface area contributed by atoms with Gasteiger partial charge in [0, 0.05) is 24.0 Å². The second kappa shape index (κ2) is 6.53. The molecule has 0 unspecified atom stereocenters. The second-order valence-corrected chi connectivity index (χ2v) is 8.83. The van der Waals surface area contributed by atoms with Gasteiger partial charge in [0.15, 0.2) is 0 Å². The first-order valence-corrected chi connectivity index (χ1v) is 9.00. The first-order valence-electron chi connectivity index (χ1n) is 5.95. The summed E-state index contributed by atoms with van der Waals surface area (Å²) in [7, 11) is -2.36. The molecule has 2 rings (SSSR count). The maximum absolute atomic E-state index is 13.6. The van der Waals surface area contributed by atoms with Crippen LogP contribution in [0.15, 0.2) is 39.0 Å². The van der Waals surface area contributed by atoms with Crippen LogP contribution in [0, 0.1) is 5.82 Å². The third kappa shape index (κ3) is 3.51. The zero-order chi connectivity index (χ0) is 15.6. The summed E-state index contributed by atoms with van der Waals surface area (Å²) in [6.07, 6.45) is 0. The lowest BCUT2D eigenvalue weighted by Gasteiger charge is -2.17. The Kier molecular flexibility index (Phi) is 5.15. The van der Waals surface area contributed by atoms with Crippen LogP contribution in [0.4, 0.5) is 4.39 Å². The van der Waals surface area contributed by atoms with Gasteiger partial charge in [-0.05, 0) is 28.1 Å². The molecule has 0 radical (unpaired) electrons. The molecule has 0 spiro atoms. The highest BCUT2D eigenvalue weighted by Crippen LogP contribution is 2.33. The fraction of sp³-hybridized carbons (Fsp3) is 0.231. The molecule has 0 aliphatic carbocycles. The van der Waals surface area contributed by atoms with Crippen molar-refractivity contribution >= 4 is 37.3 Å². The van der Waals surface area contributed by atoms with Gasteiger partial charge in [-0.3, -0.25) is 0 Å². The summed E-state index contributed by atoms with van der Waals surface area (Å²) in [5, 5.41) is 9.08. The Balaban J connectivity index is 2.30. The number of aliphatic hydroxyl groups is 1. The highest BCUT2D eigenvalue weighted by molar-refractivity contribution is 9.11. The summed E-state index contributed by atoms with van der Waals surface area (Å²) in [6, 6.07) is 7.46. The van der Waals surface area contributed by atoms with Crippen LogP contribution < -0.4 is 0 Å².